The van der Waals surface area contributed by atoms with Gasteiger partial charge in [0.05, 0.1) is 19.3 Å². The monoisotopic (exact) mass is 878 g/mol. The van der Waals surface area contributed by atoms with Gasteiger partial charge in [0.2, 0.25) is 0 Å². The van der Waals surface area contributed by atoms with Crippen molar-refractivity contribution in [3.05, 3.63) is 76.4 Å². The fourth-order valence-electron chi connectivity index (χ4n) is 12.9. The van der Waals surface area contributed by atoms with E-state index in [0.717, 1.165) is 91.2 Å². The topological polar surface area (TPSA) is 179 Å². The summed E-state index contributed by atoms with van der Waals surface area (Å²) in [5.41, 5.74) is 13.3. The molecule has 2 fully saturated rings. The van der Waals surface area contributed by atoms with E-state index in [2.05, 4.69) is 44.3 Å². The van der Waals surface area contributed by atoms with E-state index < -0.39 is 18.3 Å². The number of hydrogen-bond donors (Lipinski definition) is 7. The van der Waals surface area contributed by atoms with Crippen molar-refractivity contribution < 1.29 is 39.7 Å². The van der Waals surface area contributed by atoms with Crippen LogP contribution >= 0.6 is 0 Å². The van der Waals surface area contributed by atoms with Gasteiger partial charge in [-0.2, -0.15) is 0 Å². The van der Waals surface area contributed by atoms with Crippen LogP contribution in [0.5, 0.6) is 28.7 Å². The van der Waals surface area contributed by atoms with E-state index in [1.165, 1.54) is 0 Å². The summed E-state index contributed by atoms with van der Waals surface area (Å²) in [4.78, 5) is 4.79. The number of aromatic hydroxyl groups is 2. The number of rotatable bonds is 5. The zero-order valence-electron chi connectivity index (χ0n) is 38.2. The molecule has 9 aliphatic rings. The first kappa shape index (κ1) is 44.7. The molecular formula is C53H71N3O8. The van der Waals surface area contributed by atoms with Crippen molar-refractivity contribution in [2.75, 3.05) is 26.8 Å². The van der Waals surface area contributed by atoms with Crippen LogP contribution < -0.4 is 25.3 Å². The van der Waals surface area contributed by atoms with Gasteiger partial charge >= 0.3 is 0 Å². The van der Waals surface area contributed by atoms with Crippen LogP contribution in [0.15, 0.2) is 53.5 Å². The molecule has 8 N–H and O–H groups in total. The van der Waals surface area contributed by atoms with Gasteiger partial charge in [0.1, 0.15) is 29.5 Å². The van der Waals surface area contributed by atoms with Gasteiger partial charge in [-0.25, -0.2) is 0 Å². The van der Waals surface area contributed by atoms with Gasteiger partial charge < -0.3 is 50.8 Å². The summed E-state index contributed by atoms with van der Waals surface area (Å²) in [6.45, 7) is 7.76. The first-order valence-electron chi connectivity index (χ1n) is 24.4. The third kappa shape index (κ3) is 8.69. The van der Waals surface area contributed by atoms with Crippen LogP contribution in [0.25, 0.3) is 11.1 Å². The minimum absolute atomic E-state index is 0.0210. The summed E-state index contributed by atoms with van der Waals surface area (Å²) < 4.78 is 20.1. The molecule has 0 radical (unpaired) electrons. The van der Waals surface area contributed by atoms with Crippen molar-refractivity contribution in [1.29, 1.82) is 0 Å². The molecule has 11 nitrogen and oxygen atoms in total. The summed E-state index contributed by atoms with van der Waals surface area (Å²) in [7, 11) is 1.70. The zero-order valence-corrected chi connectivity index (χ0v) is 38.2. The van der Waals surface area contributed by atoms with Gasteiger partial charge in [0, 0.05) is 49.2 Å². The van der Waals surface area contributed by atoms with Crippen LogP contribution in [-0.2, 0) is 19.3 Å². The van der Waals surface area contributed by atoms with Gasteiger partial charge in [-0.3, -0.25) is 4.99 Å². The van der Waals surface area contributed by atoms with Crippen LogP contribution in [0.4, 0.5) is 0 Å². The lowest BCUT2D eigenvalue weighted by Crippen LogP contribution is -2.51. The van der Waals surface area contributed by atoms with Crippen LogP contribution in [0.1, 0.15) is 118 Å². The predicted octanol–water partition coefficient (Wildman–Crippen LogP) is 8.11. The molecule has 64 heavy (non-hydrogen) atoms. The zero-order chi connectivity index (χ0) is 44.8. The number of nitrogens with zero attached hydrogens (tertiary/aromatic N) is 1. The maximum absolute atomic E-state index is 12.2. The number of nitrogens with two attached hydrogens (primary N) is 1. The number of methoxy groups -OCH3 is 1. The highest BCUT2D eigenvalue weighted by atomic mass is 16.5. The Bertz CT molecular complexity index is 2220. The predicted molar refractivity (Wildman–Crippen MR) is 249 cm³/mol. The van der Waals surface area contributed by atoms with E-state index in [9.17, 15) is 25.5 Å². The second-order valence-corrected chi connectivity index (χ2v) is 20.5. The average Bonchev–Trinajstić information content (AvgIpc) is 3.27. The molecule has 0 amide bonds. The average molecular weight is 878 g/mol. The molecular weight excluding hydrogens is 807 g/mol. The molecule has 2 saturated carbocycles. The second kappa shape index (κ2) is 18.8. The summed E-state index contributed by atoms with van der Waals surface area (Å²) in [5, 5.41) is 60.3. The molecule has 4 aliphatic carbocycles. The van der Waals surface area contributed by atoms with E-state index >= 15 is 0 Å². The van der Waals surface area contributed by atoms with Crippen molar-refractivity contribution in [3.63, 3.8) is 0 Å². The molecule has 5 aliphatic heterocycles. The molecule has 346 valence electrons. The van der Waals surface area contributed by atoms with Crippen molar-refractivity contribution >= 4 is 5.96 Å². The number of phenols is 2. The van der Waals surface area contributed by atoms with E-state index in [-0.39, 0.29) is 59.9 Å². The second-order valence-electron chi connectivity index (χ2n) is 20.5. The first-order valence-corrected chi connectivity index (χ1v) is 24.4. The van der Waals surface area contributed by atoms with Crippen molar-refractivity contribution in [2.24, 2.45) is 58.1 Å². The van der Waals surface area contributed by atoms with Gasteiger partial charge in [-0.15, -0.1) is 0 Å². The highest BCUT2D eigenvalue weighted by Crippen LogP contribution is 2.57. The molecule has 0 aromatic heterocycles. The quantitative estimate of drug-likeness (QED) is 0.124. The summed E-state index contributed by atoms with van der Waals surface area (Å²) >= 11 is 0. The number of aliphatic hydroxyl groups excluding tert-OH is 3. The van der Waals surface area contributed by atoms with Crippen molar-refractivity contribution in [1.82, 2.24) is 5.32 Å². The number of phenolic OH excluding ortho intramolecular Hbond substituents is 2. The molecule has 0 spiro atoms. The minimum Gasteiger partial charge on any atom is -0.508 e. The molecule has 11 heteroatoms. The lowest BCUT2D eigenvalue weighted by Gasteiger charge is -2.49. The maximum Gasteiger partial charge on any atom is 0.188 e. The number of nitrogens with one attached hydrogen (secondary N) is 1. The lowest BCUT2D eigenvalue weighted by molar-refractivity contribution is -0.0712. The van der Waals surface area contributed by atoms with Crippen LogP contribution in [0.2, 0.25) is 0 Å². The van der Waals surface area contributed by atoms with Gasteiger partial charge in [0.15, 0.2) is 17.5 Å². The third-order valence-electron chi connectivity index (χ3n) is 16.1. The third-order valence-corrected chi connectivity index (χ3v) is 16.1. The highest BCUT2D eigenvalue weighted by molar-refractivity contribution is 5.84. The number of guanidine groups is 1. The molecule has 12 rings (SSSR count). The van der Waals surface area contributed by atoms with Crippen molar-refractivity contribution in [2.45, 2.75) is 128 Å². The Hall–Kier alpha value is -4.45. The number of aliphatic hydroxyl groups is 3. The van der Waals surface area contributed by atoms with E-state index in [0.29, 0.717) is 78.7 Å². The van der Waals surface area contributed by atoms with E-state index in [1.54, 1.807) is 13.2 Å². The number of allylic oxidation sites excluding steroid dienone is 2. The first-order chi connectivity index (χ1) is 30.9. The Morgan fingerprint density at radius 2 is 1.69 bits per heavy atom. The number of fused-ring (bicyclic) bond motifs is 2. The highest BCUT2D eigenvalue weighted by Gasteiger charge is 2.48. The molecule has 3 aromatic rings. The van der Waals surface area contributed by atoms with Crippen LogP contribution in [-0.4, -0.2) is 76.6 Å². The molecule has 12 atom stereocenters. The van der Waals surface area contributed by atoms with Gasteiger partial charge in [-0.1, -0.05) is 45.4 Å². The largest absolute Gasteiger partial charge is 0.508 e. The summed E-state index contributed by atoms with van der Waals surface area (Å²) in [6.07, 6.45) is 12.1. The van der Waals surface area contributed by atoms with Gasteiger partial charge in [-0.05, 0) is 164 Å². The Morgan fingerprint density at radius 3 is 2.47 bits per heavy atom. The normalized spacial score (nSPS) is 32.5. The smallest absolute Gasteiger partial charge is 0.188 e. The Morgan fingerprint density at radius 1 is 0.891 bits per heavy atom. The number of ether oxygens (including phenoxy) is 3. The van der Waals surface area contributed by atoms with E-state index in [4.69, 9.17) is 24.9 Å². The fourth-order valence-corrected chi connectivity index (χ4v) is 12.9. The number of benzene rings is 3. The molecule has 3 aromatic carbocycles. The standard InChI is InChI=1S/C53H71N3O8/c1-5-29-18-32-11-10-31(29)19-38(58)7-6-16-55-53(54)56-26-34-12-8-30-9-13-35(27-57)48(34)52(30)64-46-23-33(14-15-42(46)59)51-44(61)24-41-45(63-51)25-47(62-4)50-40-21-37(17-28(2)3)43(60)22-36(40)20-39(32)49(41)50/h10-11,14-15,21-23,25,28-32,34-35,38-39,44,48,51-52,57-61H,5-9,12-13,16-20,24,26-27H2,1-4H3,(H3,54,55,56). The Kier molecular flexibility index (Phi) is 13.1. The SMILES string of the molecule is CCC1CC2C=CC1CC(O)CCCNC(N)=NCC1CCC3CCC(CO)C1C3Oc1cc(ccc1O)C1Oc3cc(OC)c4c(c3CC1O)C2Cc1cc(O)c(CC(C)C)cc1-4. The lowest BCUT2D eigenvalue weighted by atomic mass is 9.60. The number of hydrogen-bond acceptors (Lipinski definition) is 11. The van der Waals surface area contributed by atoms with Crippen LogP contribution in [0.3, 0.4) is 0 Å². The molecule has 12 bridgehead atoms. The minimum atomic E-state index is -0.899. The molecule has 5 heterocycles. The summed E-state index contributed by atoms with van der Waals surface area (Å²) in [6, 6.07) is 11.4. The Balaban J connectivity index is 1.14. The fraction of sp³-hybridized carbons (Fsp3) is 0.604. The summed E-state index contributed by atoms with van der Waals surface area (Å²) in [5.74, 6) is 4.10. The van der Waals surface area contributed by atoms with E-state index in [1.807, 2.05) is 24.3 Å². The molecule has 12 unspecified atom stereocenters. The maximum atomic E-state index is 12.2. The Labute approximate surface area is 379 Å². The van der Waals surface area contributed by atoms with Crippen LogP contribution in [0, 0.1) is 47.3 Å². The molecule has 0 saturated heterocycles. The van der Waals surface area contributed by atoms with Gasteiger partial charge in [0.25, 0.3) is 0 Å². The number of aliphatic imine (C=N–C) groups is 1. The van der Waals surface area contributed by atoms with Crippen molar-refractivity contribution in [3.8, 4) is 39.9 Å².